The van der Waals surface area contributed by atoms with Crippen molar-refractivity contribution >= 4 is 5.91 Å². The van der Waals surface area contributed by atoms with E-state index < -0.39 is 0 Å². The van der Waals surface area contributed by atoms with E-state index in [0.717, 1.165) is 37.0 Å². The highest BCUT2D eigenvalue weighted by Gasteiger charge is 2.51. The lowest BCUT2D eigenvalue weighted by Crippen LogP contribution is -2.59. The molecule has 5 heteroatoms. The SMILES string of the molecule is COc1cc(OC)c(C(=O)NC23CC4CC(CC(C4)C2)C3)cc1OC. The topological polar surface area (TPSA) is 56.8 Å². The first-order valence-corrected chi connectivity index (χ1v) is 9.18. The molecule has 136 valence electrons. The molecule has 4 bridgehead atoms. The number of ether oxygens (including phenoxy) is 3. The second-order valence-electron chi connectivity index (χ2n) is 8.06. The van der Waals surface area contributed by atoms with Crippen LogP contribution in [0.5, 0.6) is 17.2 Å². The lowest BCUT2D eigenvalue weighted by Gasteiger charge is -2.56. The summed E-state index contributed by atoms with van der Waals surface area (Å²) in [6.45, 7) is 0. The Morgan fingerprint density at radius 3 is 1.84 bits per heavy atom. The molecular weight excluding hydrogens is 318 g/mol. The monoisotopic (exact) mass is 345 g/mol. The zero-order chi connectivity index (χ0) is 17.6. The molecule has 0 spiro atoms. The average molecular weight is 345 g/mol. The van der Waals surface area contributed by atoms with E-state index in [2.05, 4.69) is 5.32 Å². The minimum absolute atomic E-state index is 0.0238. The van der Waals surface area contributed by atoms with Gasteiger partial charge in [-0.15, -0.1) is 0 Å². The molecular formula is C20H27NO4. The van der Waals surface area contributed by atoms with Crippen molar-refractivity contribution in [1.29, 1.82) is 0 Å². The van der Waals surface area contributed by atoms with Gasteiger partial charge in [0.25, 0.3) is 5.91 Å². The summed E-state index contributed by atoms with van der Waals surface area (Å²) in [5, 5.41) is 3.39. The molecule has 0 aliphatic heterocycles. The van der Waals surface area contributed by atoms with Crippen LogP contribution in [0, 0.1) is 17.8 Å². The smallest absolute Gasteiger partial charge is 0.255 e. The van der Waals surface area contributed by atoms with Gasteiger partial charge in [0.05, 0.1) is 26.9 Å². The summed E-state index contributed by atoms with van der Waals surface area (Å²) in [5.41, 5.74) is 0.486. The average Bonchev–Trinajstić information content (AvgIpc) is 2.58. The number of methoxy groups -OCH3 is 3. The van der Waals surface area contributed by atoms with Crippen LogP contribution in [0.25, 0.3) is 0 Å². The van der Waals surface area contributed by atoms with Crippen molar-refractivity contribution in [3.63, 3.8) is 0 Å². The summed E-state index contributed by atoms with van der Waals surface area (Å²) in [6.07, 6.45) is 7.44. The van der Waals surface area contributed by atoms with Gasteiger partial charge in [0.2, 0.25) is 0 Å². The predicted octanol–water partition coefficient (Wildman–Crippen LogP) is 3.41. The van der Waals surface area contributed by atoms with Crippen LogP contribution < -0.4 is 19.5 Å². The summed E-state index contributed by atoms with van der Waals surface area (Å²) < 4.78 is 16.1. The molecule has 0 saturated heterocycles. The lowest BCUT2D eigenvalue weighted by atomic mass is 9.53. The molecule has 1 amide bonds. The third-order valence-electron chi connectivity index (χ3n) is 6.37. The van der Waals surface area contributed by atoms with Crippen molar-refractivity contribution in [2.45, 2.75) is 44.1 Å². The van der Waals surface area contributed by atoms with Crippen LogP contribution >= 0.6 is 0 Å². The van der Waals surface area contributed by atoms with Crippen molar-refractivity contribution in [2.75, 3.05) is 21.3 Å². The number of carbonyl (C=O) groups is 1. The molecule has 1 aromatic carbocycles. The Balaban J connectivity index is 1.61. The first-order chi connectivity index (χ1) is 12.1. The van der Waals surface area contributed by atoms with Gasteiger partial charge in [0, 0.05) is 17.7 Å². The minimum Gasteiger partial charge on any atom is -0.496 e. The molecule has 25 heavy (non-hydrogen) atoms. The maximum atomic E-state index is 13.1. The predicted molar refractivity (Wildman–Crippen MR) is 94.5 cm³/mol. The number of carbonyl (C=O) groups excluding carboxylic acids is 1. The van der Waals surface area contributed by atoms with E-state index in [4.69, 9.17) is 14.2 Å². The Bertz CT molecular complexity index is 649. The molecule has 4 saturated carbocycles. The van der Waals surface area contributed by atoms with Gasteiger partial charge in [-0.1, -0.05) is 0 Å². The lowest BCUT2D eigenvalue weighted by molar-refractivity contribution is -0.0167. The Kier molecular flexibility index (Phi) is 4.05. The molecule has 5 nitrogen and oxygen atoms in total. The molecule has 0 aromatic heterocycles. The van der Waals surface area contributed by atoms with Crippen molar-refractivity contribution in [3.05, 3.63) is 17.7 Å². The number of amides is 1. The second-order valence-corrected chi connectivity index (χ2v) is 8.06. The van der Waals surface area contributed by atoms with Gasteiger partial charge in [-0.25, -0.2) is 0 Å². The summed E-state index contributed by atoms with van der Waals surface area (Å²) in [4.78, 5) is 13.1. The van der Waals surface area contributed by atoms with Gasteiger partial charge in [0.1, 0.15) is 5.75 Å². The highest BCUT2D eigenvalue weighted by Crippen LogP contribution is 2.55. The molecule has 4 aliphatic rings. The van der Waals surface area contributed by atoms with Gasteiger partial charge in [-0.2, -0.15) is 0 Å². The Labute approximate surface area is 149 Å². The van der Waals surface area contributed by atoms with Crippen LogP contribution in [-0.2, 0) is 0 Å². The molecule has 1 aromatic rings. The van der Waals surface area contributed by atoms with Crippen molar-refractivity contribution in [2.24, 2.45) is 17.8 Å². The summed E-state index contributed by atoms with van der Waals surface area (Å²) in [5.74, 6) is 3.92. The van der Waals surface area contributed by atoms with Gasteiger partial charge in [0.15, 0.2) is 11.5 Å². The summed E-state index contributed by atoms with van der Waals surface area (Å²) in [6, 6.07) is 3.43. The Morgan fingerprint density at radius 2 is 1.36 bits per heavy atom. The zero-order valence-electron chi connectivity index (χ0n) is 15.3. The number of hydrogen-bond acceptors (Lipinski definition) is 4. The maximum absolute atomic E-state index is 13.1. The summed E-state index contributed by atoms with van der Waals surface area (Å²) >= 11 is 0. The van der Waals surface area contributed by atoms with Crippen LogP contribution in [0.1, 0.15) is 48.9 Å². The number of nitrogens with one attached hydrogen (secondary N) is 1. The molecule has 0 heterocycles. The first-order valence-electron chi connectivity index (χ1n) is 9.18. The van der Waals surface area contributed by atoms with E-state index >= 15 is 0 Å². The number of hydrogen-bond donors (Lipinski definition) is 1. The van der Waals surface area contributed by atoms with E-state index in [0.29, 0.717) is 22.8 Å². The standard InChI is InChI=1S/C20H27NO4/c1-23-16-8-18(25-3)17(24-2)7-15(16)19(22)21-20-9-12-4-13(10-20)6-14(5-12)11-20/h7-8,12-14H,4-6,9-11H2,1-3H3,(H,21,22). The normalized spacial score (nSPS) is 32.4. The van der Waals surface area contributed by atoms with E-state index in [9.17, 15) is 4.79 Å². The maximum Gasteiger partial charge on any atom is 0.255 e. The minimum atomic E-state index is -0.0697. The molecule has 5 rings (SSSR count). The second kappa shape index (κ2) is 6.11. The first kappa shape index (κ1) is 16.6. The van der Waals surface area contributed by atoms with Crippen molar-refractivity contribution in [1.82, 2.24) is 5.32 Å². The van der Waals surface area contributed by atoms with Crippen LogP contribution in [0.2, 0.25) is 0 Å². The van der Waals surface area contributed by atoms with Gasteiger partial charge >= 0.3 is 0 Å². The fraction of sp³-hybridized carbons (Fsp3) is 0.650. The van der Waals surface area contributed by atoms with E-state index in [1.807, 2.05) is 0 Å². The molecule has 1 N–H and O–H groups in total. The van der Waals surface area contributed by atoms with Crippen LogP contribution in [0.4, 0.5) is 0 Å². The molecule has 0 radical (unpaired) electrons. The highest BCUT2D eigenvalue weighted by atomic mass is 16.5. The fourth-order valence-electron chi connectivity index (χ4n) is 5.78. The number of rotatable bonds is 5. The molecule has 0 unspecified atom stereocenters. The van der Waals surface area contributed by atoms with Crippen LogP contribution in [0.3, 0.4) is 0 Å². The van der Waals surface area contributed by atoms with E-state index in [1.54, 1.807) is 33.5 Å². The van der Waals surface area contributed by atoms with Gasteiger partial charge in [-0.05, 0) is 56.3 Å². The van der Waals surface area contributed by atoms with E-state index in [1.165, 1.54) is 19.3 Å². The Morgan fingerprint density at radius 1 is 0.880 bits per heavy atom. The van der Waals surface area contributed by atoms with Crippen molar-refractivity contribution in [3.8, 4) is 17.2 Å². The number of benzene rings is 1. The van der Waals surface area contributed by atoms with E-state index in [-0.39, 0.29) is 11.4 Å². The molecule has 0 atom stereocenters. The van der Waals surface area contributed by atoms with Gasteiger partial charge in [-0.3, -0.25) is 4.79 Å². The molecule has 4 aliphatic carbocycles. The molecule has 4 fully saturated rings. The van der Waals surface area contributed by atoms with Crippen LogP contribution in [-0.4, -0.2) is 32.8 Å². The largest absolute Gasteiger partial charge is 0.496 e. The third-order valence-corrected chi connectivity index (χ3v) is 6.37. The summed E-state index contributed by atoms with van der Waals surface area (Å²) in [7, 11) is 4.72. The van der Waals surface area contributed by atoms with Gasteiger partial charge < -0.3 is 19.5 Å². The zero-order valence-corrected chi connectivity index (χ0v) is 15.3. The Hall–Kier alpha value is -1.91. The quantitative estimate of drug-likeness (QED) is 0.888. The fourth-order valence-corrected chi connectivity index (χ4v) is 5.78. The van der Waals surface area contributed by atoms with Crippen LogP contribution in [0.15, 0.2) is 12.1 Å². The highest BCUT2D eigenvalue weighted by molar-refractivity contribution is 5.98. The third kappa shape index (κ3) is 2.83. The van der Waals surface area contributed by atoms with Crippen molar-refractivity contribution < 1.29 is 19.0 Å².